The molecule has 0 spiro atoms. The maximum Gasteiger partial charge on any atom is 0.243 e. The zero-order chi connectivity index (χ0) is 21.0. The van der Waals surface area contributed by atoms with Gasteiger partial charge in [-0.3, -0.25) is 4.79 Å². The van der Waals surface area contributed by atoms with E-state index in [1.54, 1.807) is 17.0 Å². The first-order chi connectivity index (χ1) is 13.8. The third-order valence-electron chi connectivity index (χ3n) is 4.52. The molecule has 1 heterocycles. The van der Waals surface area contributed by atoms with Crippen LogP contribution < -0.4 is 0 Å². The van der Waals surface area contributed by atoms with E-state index in [0.717, 1.165) is 21.3 Å². The summed E-state index contributed by atoms with van der Waals surface area (Å²) in [4.78, 5) is 14.5. The van der Waals surface area contributed by atoms with Crippen molar-refractivity contribution in [2.45, 2.75) is 16.2 Å². The predicted molar refractivity (Wildman–Crippen MR) is 103 cm³/mol. The fourth-order valence-electron chi connectivity index (χ4n) is 2.91. The zero-order valence-corrected chi connectivity index (χ0v) is 17.0. The number of benzene rings is 2. The number of piperazine rings is 1. The highest BCUT2D eigenvalue weighted by molar-refractivity contribution is 7.99. The summed E-state index contributed by atoms with van der Waals surface area (Å²) in [5, 5.41) is 0. The number of halogens is 3. The zero-order valence-electron chi connectivity index (χ0n) is 15.4. The molecule has 2 aromatic rings. The van der Waals surface area contributed by atoms with Gasteiger partial charge in [0, 0.05) is 43.2 Å². The highest BCUT2D eigenvalue weighted by atomic mass is 32.2. The summed E-state index contributed by atoms with van der Waals surface area (Å²) in [6, 6.07) is 8.47. The fraction of sp³-hybridized carbons (Fsp3) is 0.316. The second kappa shape index (κ2) is 9.19. The third-order valence-corrected chi connectivity index (χ3v) is 7.43. The van der Waals surface area contributed by atoms with Crippen LogP contribution in [-0.2, 0) is 14.8 Å². The van der Waals surface area contributed by atoms with Crippen molar-refractivity contribution in [3.63, 3.8) is 0 Å². The summed E-state index contributed by atoms with van der Waals surface area (Å²) < 4.78 is 65.6. The van der Waals surface area contributed by atoms with E-state index >= 15 is 0 Å². The predicted octanol–water partition coefficient (Wildman–Crippen LogP) is 3.12. The van der Waals surface area contributed by atoms with Crippen molar-refractivity contribution in [1.29, 1.82) is 0 Å². The van der Waals surface area contributed by atoms with E-state index in [-0.39, 0.29) is 49.2 Å². The van der Waals surface area contributed by atoms with Crippen LogP contribution in [0.25, 0.3) is 0 Å². The number of amides is 1. The lowest BCUT2D eigenvalue weighted by atomic mass is 10.3. The van der Waals surface area contributed by atoms with Crippen LogP contribution in [0.1, 0.15) is 6.42 Å². The number of carbonyl (C=O) groups is 1. The fourth-order valence-corrected chi connectivity index (χ4v) is 5.18. The molecule has 1 fully saturated rings. The first-order valence-electron chi connectivity index (χ1n) is 8.89. The van der Waals surface area contributed by atoms with Gasteiger partial charge in [0.1, 0.15) is 5.82 Å². The second-order valence-corrected chi connectivity index (χ2v) is 9.52. The van der Waals surface area contributed by atoms with Gasteiger partial charge in [0.25, 0.3) is 0 Å². The van der Waals surface area contributed by atoms with Crippen molar-refractivity contribution in [2.24, 2.45) is 0 Å². The number of rotatable bonds is 6. The van der Waals surface area contributed by atoms with Crippen LogP contribution >= 0.6 is 11.8 Å². The summed E-state index contributed by atoms with van der Waals surface area (Å²) in [5.41, 5.74) is 0. The molecule has 156 valence electrons. The lowest BCUT2D eigenvalue weighted by Gasteiger charge is -2.34. The molecule has 1 amide bonds. The summed E-state index contributed by atoms with van der Waals surface area (Å²) in [6.45, 7) is 0.613. The van der Waals surface area contributed by atoms with Crippen LogP contribution in [0.4, 0.5) is 13.2 Å². The number of hydrogen-bond acceptors (Lipinski definition) is 4. The van der Waals surface area contributed by atoms with Crippen LogP contribution in [-0.4, -0.2) is 55.5 Å². The van der Waals surface area contributed by atoms with Crippen molar-refractivity contribution >= 4 is 27.7 Å². The average Bonchev–Trinajstić information content (AvgIpc) is 2.71. The van der Waals surface area contributed by atoms with E-state index in [4.69, 9.17) is 0 Å². The van der Waals surface area contributed by atoms with Gasteiger partial charge in [-0.2, -0.15) is 4.31 Å². The second-order valence-electron chi connectivity index (χ2n) is 6.41. The van der Waals surface area contributed by atoms with Gasteiger partial charge in [-0.1, -0.05) is 0 Å². The van der Waals surface area contributed by atoms with E-state index in [2.05, 4.69) is 0 Å². The molecule has 29 heavy (non-hydrogen) atoms. The van der Waals surface area contributed by atoms with Gasteiger partial charge in [0.15, 0.2) is 11.6 Å². The van der Waals surface area contributed by atoms with Crippen LogP contribution in [0, 0.1) is 17.5 Å². The summed E-state index contributed by atoms with van der Waals surface area (Å²) in [5.74, 6) is -2.22. The summed E-state index contributed by atoms with van der Waals surface area (Å²) in [7, 11) is -3.95. The standard InChI is InChI=1S/C19H19F3N2O3S2/c20-14-1-3-15(4-2-14)28-12-7-19(25)23-8-10-24(11-9-23)29(26,27)16-5-6-17(21)18(22)13-16/h1-6,13H,7-12H2. The molecule has 3 rings (SSSR count). The maximum atomic E-state index is 13.4. The van der Waals surface area contributed by atoms with Gasteiger partial charge < -0.3 is 4.90 Å². The van der Waals surface area contributed by atoms with Gasteiger partial charge in [-0.15, -0.1) is 11.8 Å². The number of thioether (sulfide) groups is 1. The molecule has 0 aromatic heterocycles. The minimum Gasteiger partial charge on any atom is -0.340 e. The summed E-state index contributed by atoms with van der Waals surface area (Å²) >= 11 is 1.44. The minimum atomic E-state index is -3.95. The first-order valence-corrected chi connectivity index (χ1v) is 11.3. The van der Waals surface area contributed by atoms with Crippen LogP contribution in [0.15, 0.2) is 52.3 Å². The number of hydrogen-bond donors (Lipinski definition) is 0. The highest BCUT2D eigenvalue weighted by Crippen LogP contribution is 2.22. The first kappa shape index (κ1) is 21.7. The van der Waals surface area contributed by atoms with E-state index < -0.39 is 21.7 Å². The highest BCUT2D eigenvalue weighted by Gasteiger charge is 2.30. The molecule has 1 aliphatic rings. The van der Waals surface area contributed by atoms with Crippen LogP contribution in [0.5, 0.6) is 0 Å². The van der Waals surface area contributed by atoms with Gasteiger partial charge in [-0.25, -0.2) is 21.6 Å². The molecule has 0 aliphatic carbocycles. The Kier molecular flexibility index (Phi) is 6.86. The molecule has 1 aliphatic heterocycles. The minimum absolute atomic E-state index is 0.0815. The van der Waals surface area contributed by atoms with Crippen LogP contribution in [0.3, 0.4) is 0 Å². The maximum absolute atomic E-state index is 13.4. The lowest BCUT2D eigenvalue weighted by Crippen LogP contribution is -2.50. The Morgan fingerprint density at radius 2 is 1.59 bits per heavy atom. The number of nitrogens with zero attached hydrogens (tertiary/aromatic N) is 2. The molecule has 0 N–H and O–H groups in total. The molecule has 2 aromatic carbocycles. The smallest absolute Gasteiger partial charge is 0.243 e. The average molecular weight is 445 g/mol. The van der Waals surface area contributed by atoms with E-state index in [1.807, 2.05) is 0 Å². The molecule has 1 saturated heterocycles. The largest absolute Gasteiger partial charge is 0.340 e. The Bertz CT molecular complexity index is 977. The van der Waals surface area contributed by atoms with Gasteiger partial charge in [0.2, 0.25) is 15.9 Å². The molecular formula is C19H19F3N2O3S2. The Morgan fingerprint density at radius 1 is 0.931 bits per heavy atom. The molecule has 0 atom stereocenters. The molecule has 5 nitrogen and oxygen atoms in total. The Labute approximate surface area is 171 Å². The van der Waals surface area contributed by atoms with Crippen molar-refractivity contribution in [1.82, 2.24) is 9.21 Å². The molecule has 0 bridgehead atoms. The van der Waals surface area contributed by atoms with Gasteiger partial charge in [0.05, 0.1) is 4.90 Å². The topological polar surface area (TPSA) is 57.7 Å². The molecule has 0 unspecified atom stereocenters. The van der Waals surface area contributed by atoms with E-state index in [1.165, 1.54) is 23.9 Å². The Hall–Kier alpha value is -2.04. The van der Waals surface area contributed by atoms with Gasteiger partial charge in [-0.05, 0) is 42.5 Å². The van der Waals surface area contributed by atoms with E-state index in [0.29, 0.717) is 11.8 Å². The number of carbonyl (C=O) groups excluding carboxylic acids is 1. The van der Waals surface area contributed by atoms with Crippen molar-refractivity contribution < 1.29 is 26.4 Å². The summed E-state index contributed by atoms with van der Waals surface area (Å²) in [6.07, 6.45) is 0.276. The van der Waals surface area contributed by atoms with Crippen molar-refractivity contribution in [2.75, 3.05) is 31.9 Å². The molecule has 0 radical (unpaired) electrons. The normalized spacial score (nSPS) is 15.5. The SMILES string of the molecule is O=C(CCSc1ccc(F)cc1)N1CCN(S(=O)(=O)c2ccc(F)c(F)c2)CC1. The quantitative estimate of drug-likeness (QED) is 0.643. The molecule has 10 heteroatoms. The monoisotopic (exact) mass is 444 g/mol. The Morgan fingerprint density at radius 3 is 2.21 bits per heavy atom. The molecule has 0 saturated carbocycles. The van der Waals surface area contributed by atoms with Gasteiger partial charge >= 0.3 is 0 Å². The lowest BCUT2D eigenvalue weighted by molar-refractivity contribution is -0.131. The van der Waals surface area contributed by atoms with E-state index in [9.17, 15) is 26.4 Å². The van der Waals surface area contributed by atoms with Crippen molar-refractivity contribution in [3.8, 4) is 0 Å². The Balaban J connectivity index is 1.50. The number of sulfonamides is 1. The molecular weight excluding hydrogens is 425 g/mol. The third kappa shape index (κ3) is 5.31. The van der Waals surface area contributed by atoms with Crippen molar-refractivity contribution in [3.05, 3.63) is 59.9 Å². The van der Waals surface area contributed by atoms with Crippen LogP contribution in [0.2, 0.25) is 0 Å².